The fourth-order valence-corrected chi connectivity index (χ4v) is 2.64. The molecule has 0 aromatic carbocycles. The normalized spacial score (nSPS) is 30.2. The van der Waals surface area contributed by atoms with Gasteiger partial charge in [-0.2, -0.15) is 0 Å². The summed E-state index contributed by atoms with van der Waals surface area (Å²) in [7, 11) is 0. The van der Waals surface area contributed by atoms with Gasteiger partial charge in [-0.25, -0.2) is 0 Å². The number of likely N-dealkylation sites (tertiary alicyclic amines) is 1. The highest BCUT2D eigenvalue weighted by molar-refractivity contribution is 5.01. The highest BCUT2D eigenvalue weighted by Gasteiger charge is 2.45. The molecule has 0 amide bonds. The minimum Gasteiger partial charge on any atom is -0.393 e. The molecular weight excluding hydrogens is 176 g/mol. The van der Waals surface area contributed by atoms with Gasteiger partial charge < -0.3 is 10.8 Å². The maximum absolute atomic E-state index is 9.46. The third-order valence-electron chi connectivity index (χ3n) is 4.06. The molecule has 14 heavy (non-hydrogen) atoms. The third kappa shape index (κ3) is 1.81. The molecule has 1 aliphatic heterocycles. The number of piperidine rings is 1. The van der Waals surface area contributed by atoms with Crippen LogP contribution in [0.1, 0.15) is 32.6 Å². The Labute approximate surface area is 86.3 Å². The first-order valence-corrected chi connectivity index (χ1v) is 5.80. The van der Waals surface area contributed by atoms with Crippen LogP contribution in [0.15, 0.2) is 0 Å². The van der Waals surface area contributed by atoms with E-state index in [1.54, 1.807) is 0 Å². The molecule has 2 fully saturated rings. The Morgan fingerprint density at radius 3 is 2.29 bits per heavy atom. The van der Waals surface area contributed by atoms with Gasteiger partial charge in [0.1, 0.15) is 0 Å². The van der Waals surface area contributed by atoms with Gasteiger partial charge >= 0.3 is 0 Å². The van der Waals surface area contributed by atoms with Crippen molar-refractivity contribution in [2.75, 3.05) is 19.6 Å². The Morgan fingerprint density at radius 1 is 1.29 bits per heavy atom. The monoisotopic (exact) mass is 198 g/mol. The lowest BCUT2D eigenvalue weighted by molar-refractivity contribution is 0.0161. The molecule has 2 aliphatic rings. The zero-order chi connectivity index (χ0) is 10.2. The summed E-state index contributed by atoms with van der Waals surface area (Å²) in [6.07, 6.45) is 4.44. The number of hydrogen-bond donors (Lipinski definition) is 2. The van der Waals surface area contributed by atoms with Gasteiger partial charge in [0.05, 0.1) is 6.10 Å². The van der Waals surface area contributed by atoms with Gasteiger partial charge in [0.2, 0.25) is 0 Å². The summed E-state index contributed by atoms with van der Waals surface area (Å²) in [6, 6.07) is 0. The summed E-state index contributed by atoms with van der Waals surface area (Å²) in [5.41, 5.74) is 6.12. The molecule has 3 nitrogen and oxygen atoms in total. The lowest BCUT2D eigenvalue weighted by Crippen LogP contribution is -2.56. The van der Waals surface area contributed by atoms with Crippen LogP contribution < -0.4 is 5.73 Å². The van der Waals surface area contributed by atoms with E-state index in [1.165, 1.54) is 12.8 Å². The van der Waals surface area contributed by atoms with E-state index < -0.39 is 0 Å². The zero-order valence-electron chi connectivity index (χ0n) is 9.08. The quantitative estimate of drug-likeness (QED) is 0.697. The first-order valence-electron chi connectivity index (χ1n) is 5.80. The minimum atomic E-state index is -0.0764. The van der Waals surface area contributed by atoms with E-state index in [9.17, 15) is 5.11 Å². The van der Waals surface area contributed by atoms with E-state index in [1.807, 2.05) is 0 Å². The number of nitrogens with zero attached hydrogens (tertiary/aromatic N) is 1. The molecule has 0 bridgehead atoms. The van der Waals surface area contributed by atoms with Crippen molar-refractivity contribution in [1.29, 1.82) is 0 Å². The average Bonchev–Trinajstić information content (AvgIpc) is 3.01. The van der Waals surface area contributed by atoms with Gasteiger partial charge in [0.15, 0.2) is 0 Å². The molecule has 0 aromatic heterocycles. The molecule has 1 aliphatic carbocycles. The van der Waals surface area contributed by atoms with Crippen LogP contribution in [-0.4, -0.2) is 41.3 Å². The van der Waals surface area contributed by atoms with Crippen molar-refractivity contribution in [3.05, 3.63) is 0 Å². The maximum Gasteiger partial charge on any atom is 0.0564 e. The van der Waals surface area contributed by atoms with E-state index in [0.29, 0.717) is 0 Å². The van der Waals surface area contributed by atoms with Gasteiger partial charge in [-0.05, 0) is 38.5 Å². The van der Waals surface area contributed by atoms with Crippen molar-refractivity contribution in [3.63, 3.8) is 0 Å². The predicted molar refractivity (Wildman–Crippen MR) is 57.0 cm³/mol. The molecule has 82 valence electrons. The third-order valence-corrected chi connectivity index (χ3v) is 4.06. The Bertz CT molecular complexity index is 197. The van der Waals surface area contributed by atoms with Gasteiger partial charge in [0, 0.05) is 25.2 Å². The summed E-state index contributed by atoms with van der Waals surface area (Å²) in [5, 5.41) is 9.46. The maximum atomic E-state index is 9.46. The highest BCUT2D eigenvalue weighted by atomic mass is 16.3. The van der Waals surface area contributed by atoms with E-state index in [0.717, 1.165) is 38.4 Å². The van der Waals surface area contributed by atoms with Crippen LogP contribution in [0.5, 0.6) is 0 Å². The van der Waals surface area contributed by atoms with Gasteiger partial charge in [0.25, 0.3) is 0 Å². The van der Waals surface area contributed by atoms with Crippen LogP contribution in [0.25, 0.3) is 0 Å². The van der Waals surface area contributed by atoms with Crippen molar-refractivity contribution in [2.24, 2.45) is 11.7 Å². The van der Waals surface area contributed by atoms with E-state index in [-0.39, 0.29) is 11.6 Å². The number of aliphatic hydroxyl groups excluding tert-OH is 1. The van der Waals surface area contributed by atoms with Crippen LogP contribution in [0.3, 0.4) is 0 Å². The summed E-state index contributed by atoms with van der Waals surface area (Å²) in [5.74, 6) is 0.808. The lowest BCUT2D eigenvalue weighted by Gasteiger charge is -2.44. The fraction of sp³-hybridized carbons (Fsp3) is 1.00. The number of rotatable bonds is 3. The second kappa shape index (κ2) is 3.80. The topological polar surface area (TPSA) is 49.5 Å². The van der Waals surface area contributed by atoms with Crippen LogP contribution in [0, 0.1) is 5.92 Å². The molecule has 0 aromatic rings. The van der Waals surface area contributed by atoms with Crippen molar-refractivity contribution in [1.82, 2.24) is 4.90 Å². The van der Waals surface area contributed by atoms with Crippen molar-refractivity contribution >= 4 is 0 Å². The lowest BCUT2D eigenvalue weighted by atomic mass is 9.90. The van der Waals surface area contributed by atoms with Crippen molar-refractivity contribution in [3.8, 4) is 0 Å². The standard InChI is InChI=1S/C11H22N2O/c1-11(8-12,9-2-3-9)13-6-4-10(14)5-7-13/h9-10,14H,2-8,12H2,1H3. The largest absolute Gasteiger partial charge is 0.393 e. The van der Waals surface area contributed by atoms with E-state index in [2.05, 4.69) is 11.8 Å². The van der Waals surface area contributed by atoms with Crippen molar-refractivity contribution < 1.29 is 5.11 Å². The molecule has 2 rings (SSSR count). The predicted octanol–water partition coefficient (Wildman–Crippen LogP) is 0.570. The van der Waals surface area contributed by atoms with Crippen LogP contribution in [0.4, 0.5) is 0 Å². The highest BCUT2D eigenvalue weighted by Crippen LogP contribution is 2.43. The summed E-state index contributed by atoms with van der Waals surface area (Å²) < 4.78 is 0. The first kappa shape index (κ1) is 10.4. The molecule has 1 unspecified atom stereocenters. The second-order valence-corrected chi connectivity index (χ2v) is 5.05. The molecule has 3 N–H and O–H groups in total. The SMILES string of the molecule is CC(CN)(C1CC1)N1CCC(O)CC1. The van der Waals surface area contributed by atoms with E-state index in [4.69, 9.17) is 5.73 Å². The molecule has 3 heteroatoms. The van der Waals surface area contributed by atoms with Gasteiger partial charge in [-0.3, -0.25) is 4.90 Å². The van der Waals surface area contributed by atoms with Crippen LogP contribution >= 0.6 is 0 Å². The molecule has 0 radical (unpaired) electrons. The van der Waals surface area contributed by atoms with Gasteiger partial charge in [-0.15, -0.1) is 0 Å². The average molecular weight is 198 g/mol. The molecular formula is C11H22N2O. The summed E-state index contributed by atoms with van der Waals surface area (Å²) >= 11 is 0. The van der Waals surface area contributed by atoms with Gasteiger partial charge in [-0.1, -0.05) is 0 Å². The second-order valence-electron chi connectivity index (χ2n) is 5.05. The van der Waals surface area contributed by atoms with E-state index >= 15 is 0 Å². The molecule has 1 heterocycles. The Hall–Kier alpha value is -0.120. The first-order chi connectivity index (χ1) is 6.66. The van der Waals surface area contributed by atoms with Crippen LogP contribution in [-0.2, 0) is 0 Å². The molecule has 1 saturated carbocycles. The molecule has 1 saturated heterocycles. The van der Waals surface area contributed by atoms with Crippen LogP contribution in [0.2, 0.25) is 0 Å². The zero-order valence-corrected chi connectivity index (χ0v) is 9.08. The number of hydrogen-bond acceptors (Lipinski definition) is 3. The Balaban J connectivity index is 1.97. The number of nitrogens with two attached hydrogens (primary N) is 1. The fourth-order valence-electron chi connectivity index (χ4n) is 2.64. The Morgan fingerprint density at radius 2 is 1.86 bits per heavy atom. The molecule has 1 atom stereocenters. The summed E-state index contributed by atoms with van der Waals surface area (Å²) in [4.78, 5) is 2.50. The minimum absolute atomic E-state index is 0.0764. The molecule has 0 spiro atoms. The smallest absolute Gasteiger partial charge is 0.0564 e. The van der Waals surface area contributed by atoms with Crippen molar-refractivity contribution in [2.45, 2.75) is 44.2 Å². The number of aliphatic hydroxyl groups is 1. The summed E-state index contributed by atoms with van der Waals surface area (Å²) in [6.45, 7) is 5.09. The Kier molecular flexibility index (Phi) is 2.82.